The first-order chi connectivity index (χ1) is 21.1. The SMILES string of the molecule is CC1=C(C(=O)Nc2ccc3c(c2)c(-c2ccnc(N4CCOCC4)c2)nn3COCC[Si](C)(C)C)[C@@H](C)n2nnnc2N1C. The number of tetrazole rings is 1. The molecule has 1 saturated heterocycles. The molecule has 232 valence electrons. The second kappa shape index (κ2) is 12.1. The maximum atomic E-state index is 13.7. The Kier molecular flexibility index (Phi) is 8.22. The van der Waals surface area contributed by atoms with Crippen LogP contribution < -0.4 is 15.1 Å². The van der Waals surface area contributed by atoms with Gasteiger partial charge in [-0.2, -0.15) is 5.10 Å². The van der Waals surface area contributed by atoms with Crippen LogP contribution in [0.15, 0.2) is 47.8 Å². The summed E-state index contributed by atoms with van der Waals surface area (Å²) in [7, 11) is 0.635. The fourth-order valence-corrected chi connectivity index (χ4v) is 6.35. The normalized spacial score (nSPS) is 17.4. The number of hydrogen-bond acceptors (Lipinski definition) is 10. The molecule has 0 unspecified atom stereocenters. The van der Waals surface area contributed by atoms with E-state index in [0.29, 0.717) is 43.8 Å². The average Bonchev–Trinajstić information content (AvgIpc) is 3.64. The van der Waals surface area contributed by atoms with Crippen molar-refractivity contribution in [2.45, 2.75) is 52.3 Å². The molecule has 3 aromatic heterocycles. The Morgan fingerprint density at radius 1 is 1.16 bits per heavy atom. The summed E-state index contributed by atoms with van der Waals surface area (Å²) in [6.45, 7) is 14.8. The van der Waals surface area contributed by atoms with Crippen LogP contribution in [0.25, 0.3) is 22.2 Å². The van der Waals surface area contributed by atoms with E-state index in [0.717, 1.165) is 52.8 Å². The molecule has 2 aliphatic heterocycles. The molecule has 0 aliphatic carbocycles. The Hall–Kier alpha value is -4.14. The molecule has 6 rings (SSSR count). The van der Waals surface area contributed by atoms with Gasteiger partial charge in [-0.05, 0) is 60.7 Å². The fraction of sp³-hybridized carbons (Fsp3) is 0.467. The maximum absolute atomic E-state index is 13.7. The number of carbonyl (C=O) groups excluding carboxylic acids is 1. The second-order valence-electron chi connectivity index (χ2n) is 12.5. The average molecular weight is 617 g/mol. The number of morpholine rings is 1. The van der Waals surface area contributed by atoms with Crippen LogP contribution in [-0.2, 0) is 21.0 Å². The van der Waals surface area contributed by atoms with Gasteiger partial charge in [0, 0.05) is 63.3 Å². The van der Waals surface area contributed by atoms with E-state index in [9.17, 15) is 4.79 Å². The third-order valence-corrected chi connectivity index (χ3v) is 9.97. The fourth-order valence-electron chi connectivity index (χ4n) is 5.60. The van der Waals surface area contributed by atoms with Gasteiger partial charge in [0.05, 0.1) is 30.3 Å². The van der Waals surface area contributed by atoms with Gasteiger partial charge >= 0.3 is 0 Å². The van der Waals surface area contributed by atoms with E-state index >= 15 is 0 Å². The van der Waals surface area contributed by atoms with Gasteiger partial charge in [0.25, 0.3) is 5.91 Å². The van der Waals surface area contributed by atoms with Crippen LogP contribution in [-0.4, -0.2) is 88.9 Å². The van der Waals surface area contributed by atoms with E-state index in [4.69, 9.17) is 14.6 Å². The van der Waals surface area contributed by atoms with Crippen molar-refractivity contribution in [1.82, 2.24) is 35.0 Å². The quantitative estimate of drug-likeness (QED) is 0.216. The summed E-state index contributed by atoms with van der Waals surface area (Å²) in [6, 6.07) is 10.7. The first kappa shape index (κ1) is 29.9. The molecule has 1 amide bonds. The number of rotatable bonds is 9. The summed E-state index contributed by atoms with van der Waals surface area (Å²) in [5, 5.41) is 21.1. The molecule has 0 bridgehead atoms. The Balaban J connectivity index is 1.33. The summed E-state index contributed by atoms with van der Waals surface area (Å²) < 4.78 is 15.2. The number of anilines is 3. The monoisotopic (exact) mass is 616 g/mol. The lowest BCUT2D eigenvalue weighted by Crippen LogP contribution is -2.36. The highest BCUT2D eigenvalue weighted by Crippen LogP contribution is 2.34. The van der Waals surface area contributed by atoms with Crippen LogP contribution in [0.1, 0.15) is 19.9 Å². The number of hydrogen-bond donors (Lipinski definition) is 1. The molecule has 1 N–H and O–H groups in total. The Morgan fingerprint density at radius 3 is 2.73 bits per heavy atom. The molecule has 0 saturated carbocycles. The van der Waals surface area contributed by atoms with E-state index in [1.807, 2.05) is 60.9 Å². The minimum absolute atomic E-state index is 0.204. The van der Waals surface area contributed by atoms with E-state index in [1.54, 1.807) is 4.68 Å². The van der Waals surface area contributed by atoms with E-state index in [2.05, 4.69) is 56.4 Å². The van der Waals surface area contributed by atoms with Crippen LogP contribution in [0.4, 0.5) is 17.5 Å². The predicted molar refractivity (Wildman–Crippen MR) is 172 cm³/mol. The summed E-state index contributed by atoms with van der Waals surface area (Å²) in [4.78, 5) is 22.4. The number of allylic oxidation sites excluding steroid dienone is 1. The molecular weight excluding hydrogens is 576 g/mol. The molecule has 0 radical (unpaired) electrons. The van der Waals surface area contributed by atoms with Gasteiger partial charge in [0.15, 0.2) is 0 Å². The smallest absolute Gasteiger partial charge is 0.255 e. The number of nitrogens with zero attached hydrogens (tertiary/aromatic N) is 9. The lowest BCUT2D eigenvalue weighted by atomic mass is 10.0. The third kappa shape index (κ3) is 5.96. The maximum Gasteiger partial charge on any atom is 0.255 e. The minimum Gasteiger partial charge on any atom is -0.378 e. The lowest BCUT2D eigenvalue weighted by molar-refractivity contribution is -0.113. The lowest BCUT2D eigenvalue weighted by Gasteiger charge is -2.30. The van der Waals surface area contributed by atoms with E-state index in [1.165, 1.54) is 0 Å². The van der Waals surface area contributed by atoms with E-state index in [-0.39, 0.29) is 11.9 Å². The van der Waals surface area contributed by atoms with Crippen molar-refractivity contribution in [3.63, 3.8) is 0 Å². The Morgan fingerprint density at radius 2 is 1.95 bits per heavy atom. The number of ether oxygens (including phenoxy) is 2. The third-order valence-electron chi connectivity index (χ3n) is 8.27. The molecule has 2 aliphatic rings. The van der Waals surface area contributed by atoms with Crippen LogP contribution >= 0.6 is 0 Å². The minimum atomic E-state index is -1.22. The number of benzene rings is 1. The molecule has 13 nitrogen and oxygen atoms in total. The number of fused-ring (bicyclic) bond motifs is 2. The first-order valence-electron chi connectivity index (χ1n) is 15.0. The standard InChI is InChI=1S/C30H40N10O3Si/c1-20-27(21(2)40-30(37(20)3)33-35-36-40)29(41)32-23-7-8-25-24(18-23)28(34-39(25)19-43-15-16-44(4,5)6)22-9-10-31-26(17-22)38-11-13-42-14-12-38/h7-10,17-18,21H,11-16,19H2,1-6H3,(H,32,41)/t21-/m1/s1. The number of aromatic nitrogens is 7. The van der Waals surface area contributed by atoms with Crippen LogP contribution in [0.2, 0.25) is 25.7 Å². The first-order valence-corrected chi connectivity index (χ1v) is 18.7. The summed E-state index contributed by atoms with van der Waals surface area (Å²) in [5.74, 6) is 1.29. The Labute approximate surface area is 257 Å². The summed E-state index contributed by atoms with van der Waals surface area (Å²) in [5.41, 5.74) is 4.75. The zero-order valence-electron chi connectivity index (χ0n) is 26.2. The van der Waals surface area contributed by atoms with Crippen LogP contribution in [0.5, 0.6) is 0 Å². The van der Waals surface area contributed by atoms with Gasteiger partial charge in [0.1, 0.15) is 18.2 Å². The highest BCUT2D eigenvalue weighted by atomic mass is 28.3. The van der Waals surface area contributed by atoms with Crippen molar-refractivity contribution >= 4 is 42.3 Å². The van der Waals surface area contributed by atoms with Crippen molar-refractivity contribution in [2.75, 3.05) is 55.1 Å². The van der Waals surface area contributed by atoms with Crippen molar-refractivity contribution in [3.8, 4) is 11.3 Å². The molecule has 1 fully saturated rings. The highest BCUT2D eigenvalue weighted by Gasteiger charge is 2.32. The second-order valence-corrected chi connectivity index (χ2v) is 18.2. The molecule has 0 spiro atoms. The molecule has 14 heteroatoms. The van der Waals surface area contributed by atoms with Gasteiger partial charge in [-0.1, -0.05) is 24.7 Å². The predicted octanol–water partition coefficient (Wildman–Crippen LogP) is 4.16. The topological polar surface area (TPSA) is 128 Å². The molecule has 5 heterocycles. The van der Waals surface area contributed by atoms with Crippen LogP contribution in [0.3, 0.4) is 0 Å². The van der Waals surface area contributed by atoms with Crippen molar-refractivity contribution in [3.05, 3.63) is 47.8 Å². The molecule has 1 aromatic carbocycles. The largest absolute Gasteiger partial charge is 0.378 e. The number of carbonyl (C=O) groups is 1. The van der Waals surface area contributed by atoms with Gasteiger partial charge in [0.2, 0.25) is 5.95 Å². The van der Waals surface area contributed by atoms with Crippen molar-refractivity contribution in [2.24, 2.45) is 0 Å². The summed E-state index contributed by atoms with van der Waals surface area (Å²) in [6.07, 6.45) is 1.82. The van der Waals surface area contributed by atoms with E-state index < -0.39 is 8.07 Å². The molecule has 4 aromatic rings. The van der Waals surface area contributed by atoms with Gasteiger partial charge < -0.3 is 24.6 Å². The van der Waals surface area contributed by atoms with Gasteiger partial charge in [-0.25, -0.2) is 14.3 Å². The van der Waals surface area contributed by atoms with Gasteiger partial charge in [-0.15, -0.1) is 0 Å². The van der Waals surface area contributed by atoms with Crippen LogP contribution in [0, 0.1) is 0 Å². The molecule has 1 atom stereocenters. The molecule has 44 heavy (non-hydrogen) atoms. The number of nitrogens with one attached hydrogen (secondary N) is 1. The zero-order chi connectivity index (χ0) is 31.0. The number of amides is 1. The Bertz CT molecular complexity index is 1700. The van der Waals surface area contributed by atoms with Crippen molar-refractivity contribution in [1.29, 1.82) is 0 Å². The highest BCUT2D eigenvalue weighted by molar-refractivity contribution is 6.76. The zero-order valence-corrected chi connectivity index (χ0v) is 27.2. The molecular formula is C30H40N10O3Si. The van der Waals surface area contributed by atoms with Crippen molar-refractivity contribution < 1.29 is 14.3 Å². The number of pyridine rings is 1. The summed E-state index contributed by atoms with van der Waals surface area (Å²) >= 11 is 0. The van der Waals surface area contributed by atoms with Gasteiger partial charge in [-0.3, -0.25) is 4.79 Å².